The molecule has 0 fully saturated rings. The Morgan fingerprint density at radius 3 is 1.77 bits per heavy atom. The van der Waals surface area contributed by atoms with Crippen LogP contribution in [0.2, 0.25) is 0 Å². The maximum absolute atomic E-state index is 9.30. The van der Waals surface area contributed by atoms with Crippen molar-refractivity contribution in [2.45, 2.75) is 0 Å². The van der Waals surface area contributed by atoms with Crippen molar-refractivity contribution in [3.8, 4) is 17.2 Å². The third-order valence-corrected chi connectivity index (χ3v) is 3.35. The second kappa shape index (κ2) is 9.58. The molecule has 0 aliphatic carbocycles. The minimum absolute atomic E-state index is 0.0235. The molecule has 0 heterocycles. The van der Waals surface area contributed by atoms with Crippen molar-refractivity contribution in [2.75, 3.05) is 0 Å². The Kier molecular flexibility index (Phi) is 6.87. The molecular weight excluding hydrogens is 324 g/mol. The van der Waals surface area contributed by atoms with Gasteiger partial charge in [-0.25, -0.2) is 0 Å². The second-order valence-electron chi connectivity index (χ2n) is 5.47. The lowest BCUT2D eigenvalue weighted by Crippen LogP contribution is -1.74. The van der Waals surface area contributed by atoms with Crippen molar-refractivity contribution in [1.82, 2.24) is 0 Å². The zero-order chi connectivity index (χ0) is 18.8. The quantitative estimate of drug-likeness (QED) is 0.437. The van der Waals surface area contributed by atoms with Gasteiger partial charge >= 0.3 is 0 Å². The highest BCUT2D eigenvalue weighted by atomic mass is 16.3. The van der Waals surface area contributed by atoms with Gasteiger partial charge in [0.2, 0.25) is 0 Å². The zero-order valence-corrected chi connectivity index (χ0v) is 14.2. The summed E-state index contributed by atoms with van der Waals surface area (Å²) in [5.41, 5.74) is 5.48. The van der Waals surface area contributed by atoms with Crippen LogP contribution in [0.5, 0.6) is 17.2 Å². The van der Waals surface area contributed by atoms with Crippen molar-refractivity contribution in [3.63, 3.8) is 0 Å². The normalized spacial score (nSPS) is 9.85. The minimum Gasteiger partial charge on any atom is -0.508 e. The molecule has 0 saturated heterocycles. The molecule has 0 atom stereocenters. The Morgan fingerprint density at radius 1 is 0.615 bits per heavy atom. The van der Waals surface area contributed by atoms with E-state index in [1.807, 2.05) is 42.5 Å². The Morgan fingerprint density at radius 2 is 1.19 bits per heavy atom. The largest absolute Gasteiger partial charge is 0.508 e. The molecule has 26 heavy (non-hydrogen) atoms. The predicted octanol–water partition coefficient (Wildman–Crippen LogP) is 5.46. The molecule has 0 amide bonds. The van der Waals surface area contributed by atoms with Crippen LogP contribution in [-0.4, -0.2) is 15.3 Å². The topological polar surface area (TPSA) is 60.7 Å². The fourth-order valence-electron chi connectivity index (χ4n) is 2.16. The Hall–Kier alpha value is -3.68. The van der Waals surface area contributed by atoms with Crippen molar-refractivity contribution in [1.29, 1.82) is 0 Å². The van der Waals surface area contributed by atoms with Gasteiger partial charge in [0.1, 0.15) is 17.2 Å². The SMILES string of the molecule is C=C=Cc1ccccc1.Oc1ccc(/C=C/c2cc(O)cc(O)c2)cc1. The molecule has 0 aromatic heterocycles. The van der Waals surface area contributed by atoms with E-state index in [1.165, 1.54) is 6.07 Å². The van der Waals surface area contributed by atoms with Gasteiger partial charge in [0.25, 0.3) is 0 Å². The van der Waals surface area contributed by atoms with Gasteiger partial charge in [-0.3, -0.25) is 0 Å². The second-order valence-corrected chi connectivity index (χ2v) is 5.47. The maximum atomic E-state index is 9.30. The first-order valence-corrected chi connectivity index (χ1v) is 7.98. The monoisotopic (exact) mass is 344 g/mol. The van der Waals surface area contributed by atoms with Gasteiger partial charge in [-0.2, -0.15) is 0 Å². The average molecular weight is 344 g/mol. The first kappa shape index (κ1) is 18.7. The lowest BCUT2D eigenvalue weighted by atomic mass is 10.1. The van der Waals surface area contributed by atoms with Crippen LogP contribution in [0, 0.1) is 0 Å². The van der Waals surface area contributed by atoms with Crippen LogP contribution in [0.25, 0.3) is 18.2 Å². The highest BCUT2D eigenvalue weighted by Gasteiger charge is 1.95. The summed E-state index contributed by atoms with van der Waals surface area (Å²) in [6, 6.07) is 21.1. The highest BCUT2D eigenvalue weighted by molar-refractivity contribution is 5.71. The van der Waals surface area contributed by atoms with E-state index >= 15 is 0 Å². The van der Waals surface area contributed by atoms with Crippen molar-refractivity contribution in [2.24, 2.45) is 0 Å². The van der Waals surface area contributed by atoms with E-state index in [-0.39, 0.29) is 17.2 Å². The number of phenolic OH excluding ortho intramolecular Hbond substituents is 3. The van der Waals surface area contributed by atoms with Crippen molar-refractivity contribution >= 4 is 18.2 Å². The maximum Gasteiger partial charge on any atom is 0.119 e. The molecule has 0 aliphatic heterocycles. The van der Waals surface area contributed by atoms with E-state index in [0.717, 1.165) is 11.1 Å². The Balaban J connectivity index is 0.000000228. The lowest BCUT2D eigenvalue weighted by Gasteiger charge is -1.98. The van der Waals surface area contributed by atoms with Gasteiger partial charge in [-0.05, 0) is 47.0 Å². The molecule has 0 aliphatic rings. The summed E-state index contributed by atoms with van der Waals surface area (Å²) in [5.74, 6) is 0.267. The molecule has 130 valence electrons. The summed E-state index contributed by atoms with van der Waals surface area (Å²) in [4.78, 5) is 0. The number of aromatic hydroxyl groups is 3. The van der Waals surface area contributed by atoms with Crippen LogP contribution < -0.4 is 0 Å². The molecule has 3 aromatic rings. The minimum atomic E-state index is 0.0235. The molecule has 0 bridgehead atoms. The average Bonchev–Trinajstić information content (AvgIpc) is 2.62. The van der Waals surface area contributed by atoms with Crippen molar-refractivity contribution in [3.05, 3.63) is 102 Å². The zero-order valence-electron chi connectivity index (χ0n) is 14.2. The summed E-state index contributed by atoms with van der Waals surface area (Å²) in [7, 11) is 0. The molecule has 3 rings (SSSR count). The number of rotatable bonds is 3. The summed E-state index contributed by atoms with van der Waals surface area (Å²) in [6.07, 6.45) is 5.44. The fraction of sp³-hybridized carbons (Fsp3) is 0. The van der Waals surface area contributed by atoms with E-state index in [2.05, 4.69) is 12.3 Å². The van der Waals surface area contributed by atoms with Crippen molar-refractivity contribution < 1.29 is 15.3 Å². The van der Waals surface area contributed by atoms with E-state index in [9.17, 15) is 10.2 Å². The molecule has 0 radical (unpaired) electrons. The van der Waals surface area contributed by atoms with E-state index in [1.54, 1.807) is 42.5 Å². The fourth-order valence-corrected chi connectivity index (χ4v) is 2.16. The standard InChI is InChI=1S/C14H12O3.C9H8/c15-12-5-3-10(4-6-12)1-2-11-7-13(16)9-14(17)8-11;1-2-6-9-7-4-3-5-8-9/h1-9,15-17H;3-8H,1H2/b2-1+;. The first-order chi connectivity index (χ1) is 12.6. The first-order valence-electron chi connectivity index (χ1n) is 7.98. The smallest absolute Gasteiger partial charge is 0.119 e. The van der Waals surface area contributed by atoms with Crippen LogP contribution in [-0.2, 0) is 0 Å². The summed E-state index contributed by atoms with van der Waals surface area (Å²) >= 11 is 0. The molecule has 3 N–H and O–H groups in total. The van der Waals surface area contributed by atoms with E-state index in [0.29, 0.717) is 5.56 Å². The van der Waals surface area contributed by atoms with E-state index in [4.69, 9.17) is 5.11 Å². The third-order valence-electron chi connectivity index (χ3n) is 3.35. The van der Waals surface area contributed by atoms with E-state index < -0.39 is 0 Å². The lowest BCUT2D eigenvalue weighted by molar-refractivity contribution is 0.450. The van der Waals surface area contributed by atoms with Gasteiger partial charge in [0.15, 0.2) is 0 Å². The van der Waals surface area contributed by atoms with Gasteiger partial charge < -0.3 is 15.3 Å². The van der Waals surface area contributed by atoms with Gasteiger partial charge in [-0.1, -0.05) is 61.2 Å². The van der Waals surface area contributed by atoms with Gasteiger partial charge in [-0.15, -0.1) is 5.73 Å². The molecule has 3 nitrogen and oxygen atoms in total. The highest BCUT2D eigenvalue weighted by Crippen LogP contribution is 2.22. The molecular formula is C23H20O3. The third kappa shape index (κ3) is 6.44. The predicted molar refractivity (Wildman–Crippen MR) is 107 cm³/mol. The number of hydrogen-bond acceptors (Lipinski definition) is 3. The molecule has 3 heteroatoms. The number of benzene rings is 3. The summed E-state index contributed by atoms with van der Waals surface area (Å²) in [5, 5.41) is 27.7. The summed E-state index contributed by atoms with van der Waals surface area (Å²) in [6.45, 7) is 3.48. The molecule has 0 unspecified atom stereocenters. The molecule has 0 spiro atoms. The van der Waals surface area contributed by atoms with Crippen LogP contribution in [0.4, 0.5) is 0 Å². The number of hydrogen-bond donors (Lipinski definition) is 3. The Bertz CT molecular complexity index is 884. The van der Waals surface area contributed by atoms with Crippen LogP contribution in [0.15, 0.2) is 85.1 Å². The van der Waals surface area contributed by atoms with Crippen LogP contribution >= 0.6 is 0 Å². The molecule has 0 saturated carbocycles. The number of phenols is 3. The molecule has 3 aromatic carbocycles. The Labute approximate surface area is 153 Å². The van der Waals surface area contributed by atoms with Gasteiger partial charge in [0.05, 0.1) is 0 Å². The summed E-state index contributed by atoms with van der Waals surface area (Å²) < 4.78 is 0. The van der Waals surface area contributed by atoms with Gasteiger partial charge in [0, 0.05) is 6.07 Å². The van der Waals surface area contributed by atoms with Crippen LogP contribution in [0.3, 0.4) is 0 Å². The van der Waals surface area contributed by atoms with Crippen LogP contribution in [0.1, 0.15) is 16.7 Å².